The van der Waals surface area contributed by atoms with Crippen LogP contribution in [-0.4, -0.2) is 23.8 Å². The maximum absolute atomic E-state index is 12.7. The molecule has 0 saturated heterocycles. The molecule has 0 aliphatic carbocycles. The number of anilines is 1. The molecular formula is C16H12N2O5. The first-order valence-electron chi connectivity index (χ1n) is 6.76. The molecule has 2 aromatic rings. The number of nitro groups is 1. The molecule has 7 nitrogen and oxygen atoms in total. The average Bonchev–Trinajstić information content (AvgIpc) is 2.78. The number of benzene rings is 2. The van der Waals surface area contributed by atoms with E-state index in [9.17, 15) is 19.7 Å². The number of methoxy groups -OCH3 is 1. The average molecular weight is 312 g/mol. The number of aryl methyl sites for hydroxylation is 1. The number of hydrogen-bond acceptors (Lipinski definition) is 5. The molecule has 0 aromatic heterocycles. The third-order valence-corrected chi connectivity index (χ3v) is 3.66. The van der Waals surface area contributed by atoms with Crippen LogP contribution in [-0.2, 0) is 0 Å². The maximum Gasteiger partial charge on any atom is 0.283 e. The molecule has 0 radical (unpaired) electrons. The molecular weight excluding hydrogens is 300 g/mol. The van der Waals surface area contributed by atoms with Crippen molar-refractivity contribution in [2.75, 3.05) is 12.0 Å². The van der Waals surface area contributed by atoms with Gasteiger partial charge in [0.2, 0.25) is 0 Å². The first-order chi connectivity index (χ1) is 11.0. The van der Waals surface area contributed by atoms with E-state index >= 15 is 0 Å². The number of fused-ring (bicyclic) bond motifs is 1. The van der Waals surface area contributed by atoms with Crippen molar-refractivity contribution in [3.8, 4) is 5.75 Å². The first-order valence-corrected chi connectivity index (χ1v) is 6.76. The van der Waals surface area contributed by atoms with Gasteiger partial charge in [0.05, 0.1) is 23.3 Å². The van der Waals surface area contributed by atoms with Crippen LogP contribution in [0.2, 0.25) is 0 Å². The Kier molecular flexibility index (Phi) is 3.33. The second-order valence-corrected chi connectivity index (χ2v) is 5.08. The van der Waals surface area contributed by atoms with Crippen LogP contribution in [0.5, 0.6) is 5.75 Å². The van der Waals surface area contributed by atoms with Crippen LogP contribution in [0.3, 0.4) is 0 Å². The Bertz CT molecular complexity index is 860. The number of hydrogen-bond donors (Lipinski definition) is 0. The van der Waals surface area contributed by atoms with Gasteiger partial charge in [-0.15, -0.1) is 0 Å². The van der Waals surface area contributed by atoms with Crippen molar-refractivity contribution in [2.45, 2.75) is 6.92 Å². The lowest BCUT2D eigenvalue weighted by Crippen LogP contribution is -2.30. The molecule has 0 bridgehead atoms. The summed E-state index contributed by atoms with van der Waals surface area (Å²) in [6.45, 7) is 1.81. The van der Waals surface area contributed by atoms with Crippen LogP contribution in [0.4, 0.5) is 11.4 Å². The van der Waals surface area contributed by atoms with Crippen LogP contribution in [0.1, 0.15) is 26.3 Å². The molecule has 23 heavy (non-hydrogen) atoms. The fourth-order valence-electron chi connectivity index (χ4n) is 2.61. The summed E-state index contributed by atoms with van der Waals surface area (Å²) in [4.78, 5) is 36.6. The summed E-state index contributed by atoms with van der Waals surface area (Å²) < 4.78 is 5.21. The van der Waals surface area contributed by atoms with E-state index < -0.39 is 16.7 Å². The zero-order valence-electron chi connectivity index (χ0n) is 12.4. The van der Waals surface area contributed by atoms with Crippen LogP contribution in [0.25, 0.3) is 0 Å². The molecule has 2 aromatic carbocycles. The zero-order valence-corrected chi connectivity index (χ0v) is 12.4. The van der Waals surface area contributed by atoms with Gasteiger partial charge in [-0.3, -0.25) is 19.7 Å². The van der Waals surface area contributed by atoms with Crippen molar-refractivity contribution in [3.63, 3.8) is 0 Å². The lowest BCUT2D eigenvalue weighted by atomic mass is 10.1. The van der Waals surface area contributed by atoms with E-state index in [1.807, 2.05) is 6.92 Å². The molecule has 2 amide bonds. The number of ether oxygens (including phenoxy) is 1. The minimum atomic E-state index is -0.721. The Labute approximate surface area is 131 Å². The van der Waals surface area contributed by atoms with E-state index in [1.165, 1.54) is 25.3 Å². The standard InChI is InChI=1S/C16H12N2O5/c1-9-6-7-13(23-2)12(8-9)17-15(19)10-4-3-5-11(18(21)22)14(10)16(17)20/h3-8H,1-2H3. The van der Waals surface area contributed by atoms with Crippen molar-refractivity contribution in [2.24, 2.45) is 0 Å². The van der Waals surface area contributed by atoms with Gasteiger partial charge in [0.1, 0.15) is 11.3 Å². The molecule has 0 fully saturated rings. The third-order valence-electron chi connectivity index (χ3n) is 3.66. The molecule has 0 unspecified atom stereocenters. The number of rotatable bonds is 3. The van der Waals surface area contributed by atoms with Gasteiger partial charge in [-0.1, -0.05) is 12.1 Å². The van der Waals surface area contributed by atoms with Crippen LogP contribution in [0.15, 0.2) is 36.4 Å². The van der Waals surface area contributed by atoms with Crippen molar-refractivity contribution >= 4 is 23.2 Å². The normalized spacial score (nSPS) is 13.2. The highest BCUT2D eigenvalue weighted by molar-refractivity contribution is 6.36. The summed E-state index contributed by atoms with van der Waals surface area (Å²) >= 11 is 0. The van der Waals surface area contributed by atoms with Gasteiger partial charge in [0.15, 0.2) is 0 Å². The van der Waals surface area contributed by atoms with Crippen LogP contribution < -0.4 is 9.64 Å². The molecule has 116 valence electrons. The summed E-state index contributed by atoms with van der Waals surface area (Å²) in [7, 11) is 1.43. The molecule has 0 atom stereocenters. The minimum Gasteiger partial charge on any atom is -0.495 e. The summed E-state index contributed by atoms with van der Waals surface area (Å²) in [5.74, 6) is -0.980. The van der Waals surface area contributed by atoms with Crippen molar-refractivity contribution in [1.29, 1.82) is 0 Å². The molecule has 1 aliphatic rings. The monoisotopic (exact) mass is 312 g/mol. The van der Waals surface area contributed by atoms with E-state index in [4.69, 9.17) is 4.74 Å². The Hall–Kier alpha value is -3.22. The summed E-state index contributed by atoms with van der Waals surface area (Å²) in [5.41, 5.74) is 0.550. The second-order valence-electron chi connectivity index (χ2n) is 5.08. The van der Waals surface area contributed by atoms with E-state index in [0.29, 0.717) is 5.75 Å². The Morgan fingerprint density at radius 2 is 1.87 bits per heavy atom. The summed E-state index contributed by atoms with van der Waals surface area (Å²) in [6.07, 6.45) is 0. The predicted octanol–water partition coefficient (Wildman–Crippen LogP) is 2.71. The van der Waals surface area contributed by atoms with Crippen molar-refractivity contribution in [1.82, 2.24) is 0 Å². The van der Waals surface area contributed by atoms with Crippen LogP contribution >= 0.6 is 0 Å². The molecule has 0 spiro atoms. The Morgan fingerprint density at radius 1 is 1.13 bits per heavy atom. The molecule has 0 saturated carbocycles. The van der Waals surface area contributed by atoms with E-state index in [-0.39, 0.29) is 22.5 Å². The number of carbonyl (C=O) groups is 2. The van der Waals surface area contributed by atoms with Gasteiger partial charge < -0.3 is 4.74 Å². The van der Waals surface area contributed by atoms with Crippen molar-refractivity contribution < 1.29 is 19.2 Å². The quantitative estimate of drug-likeness (QED) is 0.494. The molecule has 3 rings (SSSR count). The number of carbonyl (C=O) groups excluding carboxylic acids is 2. The molecule has 1 heterocycles. The topological polar surface area (TPSA) is 89.8 Å². The lowest BCUT2D eigenvalue weighted by molar-refractivity contribution is -0.385. The van der Waals surface area contributed by atoms with Gasteiger partial charge in [0.25, 0.3) is 17.5 Å². The minimum absolute atomic E-state index is 0.0211. The highest BCUT2D eigenvalue weighted by Gasteiger charge is 2.42. The predicted molar refractivity (Wildman–Crippen MR) is 82.0 cm³/mol. The molecule has 0 N–H and O–H groups in total. The second kappa shape index (κ2) is 5.20. The van der Waals surface area contributed by atoms with Gasteiger partial charge in [0, 0.05) is 6.07 Å². The molecule has 7 heteroatoms. The zero-order chi connectivity index (χ0) is 16.7. The van der Waals surface area contributed by atoms with E-state index in [1.54, 1.807) is 18.2 Å². The Morgan fingerprint density at radius 3 is 2.52 bits per heavy atom. The summed E-state index contributed by atoms with van der Waals surface area (Å²) in [6, 6.07) is 9.06. The van der Waals surface area contributed by atoms with Gasteiger partial charge >= 0.3 is 0 Å². The lowest BCUT2D eigenvalue weighted by Gasteiger charge is -2.17. The highest BCUT2D eigenvalue weighted by atomic mass is 16.6. The SMILES string of the molecule is COc1ccc(C)cc1N1C(=O)c2cccc([N+](=O)[O-])c2C1=O. The maximum atomic E-state index is 12.7. The van der Waals surface area contributed by atoms with E-state index in [2.05, 4.69) is 0 Å². The number of nitrogens with zero attached hydrogens (tertiary/aromatic N) is 2. The largest absolute Gasteiger partial charge is 0.495 e. The van der Waals surface area contributed by atoms with Gasteiger partial charge in [-0.05, 0) is 30.7 Å². The van der Waals surface area contributed by atoms with Gasteiger partial charge in [-0.2, -0.15) is 0 Å². The van der Waals surface area contributed by atoms with Crippen molar-refractivity contribution in [3.05, 3.63) is 63.2 Å². The highest BCUT2D eigenvalue weighted by Crippen LogP contribution is 2.38. The number of imide groups is 1. The fourth-order valence-corrected chi connectivity index (χ4v) is 2.61. The number of nitro benzene ring substituents is 1. The van der Waals surface area contributed by atoms with Crippen LogP contribution in [0, 0.1) is 17.0 Å². The Balaban J connectivity index is 2.21. The van der Waals surface area contributed by atoms with Gasteiger partial charge in [-0.25, -0.2) is 4.90 Å². The molecule has 1 aliphatic heterocycles. The van der Waals surface area contributed by atoms with E-state index in [0.717, 1.165) is 10.5 Å². The summed E-state index contributed by atoms with van der Waals surface area (Å²) in [5, 5.41) is 11.1. The first kappa shape index (κ1) is 14.7. The third kappa shape index (κ3) is 2.13. The fraction of sp³-hybridized carbons (Fsp3) is 0.125. The smallest absolute Gasteiger partial charge is 0.283 e. The number of amides is 2.